The third-order valence-electron chi connectivity index (χ3n) is 4.41. The van der Waals surface area contributed by atoms with Gasteiger partial charge in [-0.1, -0.05) is 58.8 Å². The summed E-state index contributed by atoms with van der Waals surface area (Å²) in [7, 11) is 0. The fourth-order valence-electron chi connectivity index (χ4n) is 3.99. The van der Waals surface area contributed by atoms with Gasteiger partial charge in [-0.05, 0) is 23.7 Å². The van der Waals surface area contributed by atoms with Gasteiger partial charge < -0.3 is 0 Å². The number of hydrogen-bond acceptors (Lipinski definition) is 0. The molecule has 0 radical (unpaired) electrons. The van der Waals surface area contributed by atoms with Gasteiger partial charge in [-0.15, -0.1) is 0 Å². The van der Waals surface area contributed by atoms with Crippen LogP contribution in [0.1, 0.15) is 58.8 Å². The van der Waals surface area contributed by atoms with Crippen molar-refractivity contribution in [2.75, 3.05) is 0 Å². The summed E-state index contributed by atoms with van der Waals surface area (Å²) in [6, 6.07) is 0. The third-order valence-corrected chi connectivity index (χ3v) is 4.41. The van der Waals surface area contributed by atoms with Gasteiger partial charge in [0.2, 0.25) is 0 Å². The van der Waals surface area contributed by atoms with Crippen LogP contribution in [0.3, 0.4) is 0 Å². The highest BCUT2D eigenvalue weighted by atomic mass is 14.4. The van der Waals surface area contributed by atoms with E-state index in [9.17, 15) is 0 Å². The van der Waals surface area contributed by atoms with Crippen LogP contribution in [0.5, 0.6) is 0 Å². The summed E-state index contributed by atoms with van der Waals surface area (Å²) in [5.41, 5.74) is 0. The highest BCUT2D eigenvalue weighted by Gasteiger charge is 2.35. The van der Waals surface area contributed by atoms with E-state index in [0.717, 1.165) is 23.7 Å². The monoisotopic (exact) mass is 180 g/mol. The zero-order chi connectivity index (χ0) is 9.26. The van der Waals surface area contributed by atoms with Crippen molar-refractivity contribution in [1.82, 2.24) is 0 Å². The van der Waals surface area contributed by atoms with Gasteiger partial charge in [0.25, 0.3) is 0 Å². The summed E-state index contributed by atoms with van der Waals surface area (Å²) >= 11 is 0. The summed E-state index contributed by atoms with van der Waals surface area (Å²) in [5.74, 6) is 4.21. The predicted octanol–water partition coefficient (Wildman–Crippen LogP) is 4.25. The molecular formula is C13H24. The van der Waals surface area contributed by atoms with Crippen molar-refractivity contribution >= 4 is 0 Å². The molecule has 2 fully saturated rings. The van der Waals surface area contributed by atoms with E-state index in [1.807, 2.05) is 0 Å². The van der Waals surface area contributed by atoms with Crippen molar-refractivity contribution in [1.29, 1.82) is 0 Å². The molecular weight excluding hydrogens is 156 g/mol. The zero-order valence-corrected chi connectivity index (χ0v) is 9.26. The second-order valence-electron chi connectivity index (χ2n) is 5.56. The van der Waals surface area contributed by atoms with E-state index in [-0.39, 0.29) is 0 Å². The van der Waals surface area contributed by atoms with Crippen LogP contribution >= 0.6 is 0 Å². The summed E-state index contributed by atoms with van der Waals surface area (Å²) in [4.78, 5) is 0. The first-order valence-electron chi connectivity index (χ1n) is 6.29. The molecule has 0 spiro atoms. The Hall–Kier alpha value is 0. The highest BCUT2D eigenvalue weighted by Crippen LogP contribution is 2.46. The molecule has 0 aromatic carbocycles. The van der Waals surface area contributed by atoms with Crippen molar-refractivity contribution in [3.8, 4) is 0 Å². The van der Waals surface area contributed by atoms with E-state index in [0.29, 0.717) is 0 Å². The molecule has 0 saturated heterocycles. The Bertz CT molecular complexity index is 145. The van der Waals surface area contributed by atoms with Crippen molar-refractivity contribution in [2.45, 2.75) is 58.8 Å². The molecule has 0 aromatic rings. The van der Waals surface area contributed by atoms with Crippen LogP contribution in [0.25, 0.3) is 0 Å². The van der Waals surface area contributed by atoms with Gasteiger partial charge in [-0.2, -0.15) is 0 Å². The lowest BCUT2D eigenvalue weighted by Gasteiger charge is -2.39. The lowest BCUT2D eigenvalue weighted by atomic mass is 9.66. The lowest BCUT2D eigenvalue weighted by molar-refractivity contribution is 0.109. The lowest BCUT2D eigenvalue weighted by Crippen LogP contribution is -2.30. The maximum absolute atomic E-state index is 2.45. The molecule has 0 heterocycles. The van der Waals surface area contributed by atoms with E-state index in [2.05, 4.69) is 13.8 Å². The van der Waals surface area contributed by atoms with Crippen LogP contribution in [0, 0.1) is 23.7 Å². The van der Waals surface area contributed by atoms with Gasteiger partial charge in [0.15, 0.2) is 0 Å². The van der Waals surface area contributed by atoms with Crippen LogP contribution in [-0.2, 0) is 0 Å². The Kier molecular flexibility index (Phi) is 2.96. The van der Waals surface area contributed by atoms with Gasteiger partial charge in [0, 0.05) is 0 Å². The zero-order valence-electron chi connectivity index (χ0n) is 9.26. The number of rotatable bonds is 1. The first kappa shape index (κ1) is 9.55. The van der Waals surface area contributed by atoms with Gasteiger partial charge in [0.1, 0.15) is 0 Å². The molecule has 0 N–H and O–H groups in total. The normalized spacial score (nSPS) is 40.4. The topological polar surface area (TPSA) is 0 Å². The van der Waals surface area contributed by atoms with Gasteiger partial charge >= 0.3 is 0 Å². The molecule has 76 valence electrons. The van der Waals surface area contributed by atoms with Gasteiger partial charge in [-0.3, -0.25) is 0 Å². The molecule has 3 atom stereocenters. The second kappa shape index (κ2) is 4.02. The van der Waals surface area contributed by atoms with E-state index in [4.69, 9.17) is 0 Å². The second-order valence-corrected chi connectivity index (χ2v) is 5.56. The van der Waals surface area contributed by atoms with Gasteiger partial charge in [-0.25, -0.2) is 0 Å². The van der Waals surface area contributed by atoms with Crippen molar-refractivity contribution in [3.05, 3.63) is 0 Å². The molecule has 2 saturated carbocycles. The molecule has 2 unspecified atom stereocenters. The molecule has 0 aliphatic heterocycles. The fraction of sp³-hybridized carbons (Fsp3) is 1.00. The minimum absolute atomic E-state index is 0.938. The minimum Gasteiger partial charge on any atom is -0.0625 e. The Balaban J connectivity index is 2.11. The van der Waals surface area contributed by atoms with E-state index < -0.39 is 0 Å². The molecule has 2 aliphatic carbocycles. The molecule has 0 aromatic heterocycles. The standard InChI is InChI=1S/C13H24/c1-10(2)13-11-6-3-4-7-12(13)9-5-8-11/h10-13H,3-9H2,1-2H3/t11-,12?,13?/m0/s1. The molecule has 2 bridgehead atoms. The molecule has 0 amide bonds. The first-order valence-corrected chi connectivity index (χ1v) is 6.29. The Morgan fingerprint density at radius 1 is 0.769 bits per heavy atom. The Morgan fingerprint density at radius 2 is 1.23 bits per heavy atom. The van der Waals surface area contributed by atoms with Crippen LogP contribution in [0.15, 0.2) is 0 Å². The Morgan fingerprint density at radius 3 is 1.69 bits per heavy atom. The molecule has 2 rings (SSSR count). The third kappa shape index (κ3) is 1.92. The summed E-state index contributed by atoms with van der Waals surface area (Å²) in [6.07, 6.45) is 10.7. The van der Waals surface area contributed by atoms with Crippen LogP contribution in [0.4, 0.5) is 0 Å². The quantitative estimate of drug-likeness (QED) is 0.566. The SMILES string of the molecule is CC(C)C1C2CCCC[C@H]1CCC2. The average molecular weight is 180 g/mol. The van der Waals surface area contributed by atoms with Crippen molar-refractivity contribution < 1.29 is 0 Å². The highest BCUT2D eigenvalue weighted by molar-refractivity contribution is 4.86. The number of hydrogen-bond donors (Lipinski definition) is 0. The fourth-order valence-corrected chi connectivity index (χ4v) is 3.99. The maximum Gasteiger partial charge on any atom is -0.0334 e. The van der Waals surface area contributed by atoms with E-state index >= 15 is 0 Å². The van der Waals surface area contributed by atoms with Crippen LogP contribution < -0.4 is 0 Å². The first-order chi connectivity index (χ1) is 6.29. The van der Waals surface area contributed by atoms with Crippen LogP contribution in [0.2, 0.25) is 0 Å². The summed E-state index contributed by atoms with van der Waals surface area (Å²) in [5, 5.41) is 0. The molecule has 0 nitrogen and oxygen atoms in total. The Labute approximate surface area is 83.1 Å². The van der Waals surface area contributed by atoms with Crippen molar-refractivity contribution in [3.63, 3.8) is 0 Å². The molecule has 0 heteroatoms. The van der Waals surface area contributed by atoms with Crippen molar-refractivity contribution in [2.24, 2.45) is 23.7 Å². The maximum atomic E-state index is 2.45. The minimum atomic E-state index is 0.938. The van der Waals surface area contributed by atoms with Crippen LogP contribution in [-0.4, -0.2) is 0 Å². The average Bonchev–Trinajstić information content (AvgIpc) is 2.22. The summed E-state index contributed by atoms with van der Waals surface area (Å²) < 4.78 is 0. The molecule has 13 heavy (non-hydrogen) atoms. The predicted molar refractivity (Wildman–Crippen MR) is 57.6 cm³/mol. The van der Waals surface area contributed by atoms with E-state index in [1.54, 1.807) is 25.7 Å². The van der Waals surface area contributed by atoms with Gasteiger partial charge in [0.05, 0.1) is 0 Å². The summed E-state index contributed by atoms with van der Waals surface area (Å²) in [6.45, 7) is 4.89. The molecule has 2 aliphatic rings. The smallest absolute Gasteiger partial charge is 0.0334 e. The number of fused-ring (bicyclic) bond motifs is 2. The largest absolute Gasteiger partial charge is 0.0625 e. The van der Waals surface area contributed by atoms with E-state index in [1.165, 1.54) is 19.3 Å².